The summed E-state index contributed by atoms with van der Waals surface area (Å²) < 4.78 is 5.29. The molecule has 5 heteroatoms. The molecule has 0 fully saturated rings. The van der Waals surface area contributed by atoms with Gasteiger partial charge in [-0.2, -0.15) is 0 Å². The second kappa shape index (κ2) is 7.27. The summed E-state index contributed by atoms with van der Waals surface area (Å²) in [7, 11) is 1.61. The zero-order valence-corrected chi connectivity index (χ0v) is 13.4. The first-order chi connectivity index (χ1) is 10.2. The number of aromatic nitrogens is 2. The van der Waals surface area contributed by atoms with Crippen LogP contribution in [0.3, 0.4) is 0 Å². The van der Waals surface area contributed by atoms with Crippen LogP contribution in [-0.2, 0) is 6.42 Å². The Balaban J connectivity index is 2.54. The Morgan fingerprint density at radius 2 is 2.05 bits per heavy atom. The molecule has 112 valence electrons. The Hall–Kier alpha value is -1.81. The molecule has 1 N–H and O–H groups in total. The van der Waals surface area contributed by atoms with Gasteiger partial charge in [0.2, 0.25) is 0 Å². The molecule has 21 heavy (non-hydrogen) atoms. The van der Waals surface area contributed by atoms with Crippen LogP contribution in [0, 0.1) is 0 Å². The number of nitrogens with one attached hydrogen (secondary N) is 1. The molecule has 1 aromatic carbocycles. The van der Waals surface area contributed by atoms with E-state index in [9.17, 15) is 0 Å². The van der Waals surface area contributed by atoms with Crippen LogP contribution < -0.4 is 10.1 Å². The van der Waals surface area contributed by atoms with Crippen LogP contribution in [-0.4, -0.2) is 23.6 Å². The molecule has 0 aliphatic carbocycles. The van der Waals surface area contributed by atoms with Crippen molar-refractivity contribution >= 4 is 17.4 Å². The van der Waals surface area contributed by atoms with Crippen LogP contribution in [0.5, 0.6) is 5.75 Å². The molecule has 1 aromatic heterocycles. The van der Waals surface area contributed by atoms with Crippen molar-refractivity contribution < 1.29 is 4.74 Å². The van der Waals surface area contributed by atoms with Gasteiger partial charge < -0.3 is 10.1 Å². The van der Waals surface area contributed by atoms with Crippen molar-refractivity contribution in [1.82, 2.24) is 9.97 Å². The number of ether oxygens (including phenoxy) is 1. The lowest BCUT2D eigenvalue weighted by atomic mass is 10.0. The highest BCUT2D eigenvalue weighted by molar-refractivity contribution is 6.32. The molecule has 4 nitrogen and oxygen atoms in total. The standard InChI is InChI=1S/C16H20ClN3O/c1-4-6-12-15(19-10-20-16(12)18-5-2)11-7-8-13(17)14(9-11)21-3/h7-10H,4-6H2,1-3H3,(H,18,19,20). The molecule has 2 rings (SSSR count). The van der Waals surface area contributed by atoms with Crippen LogP contribution in [0.25, 0.3) is 11.3 Å². The Morgan fingerprint density at radius 3 is 2.71 bits per heavy atom. The van der Waals surface area contributed by atoms with Crippen LogP contribution in [0.2, 0.25) is 5.02 Å². The van der Waals surface area contributed by atoms with Crippen molar-refractivity contribution in [3.05, 3.63) is 35.1 Å². The van der Waals surface area contributed by atoms with Gasteiger partial charge >= 0.3 is 0 Å². The molecule has 1 heterocycles. The second-order valence-corrected chi connectivity index (χ2v) is 5.09. The maximum absolute atomic E-state index is 6.10. The number of anilines is 1. The Morgan fingerprint density at radius 1 is 1.24 bits per heavy atom. The highest BCUT2D eigenvalue weighted by Gasteiger charge is 2.13. The van der Waals surface area contributed by atoms with Gasteiger partial charge in [0.1, 0.15) is 17.9 Å². The van der Waals surface area contributed by atoms with Crippen LogP contribution in [0.1, 0.15) is 25.8 Å². The number of hydrogen-bond donors (Lipinski definition) is 1. The fourth-order valence-corrected chi connectivity index (χ4v) is 2.47. The number of methoxy groups -OCH3 is 1. The van der Waals surface area contributed by atoms with Gasteiger partial charge in [-0.25, -0.2) is 9.97 Å². The van der Waals surface area contributed by atoms with Crippen LogP contribution >= 0.6 is 11.6 Å². The number of nitrogens with zero attached hydrogens (tertiary/aromatic N) is 2. The van der Waals surface area contributed by atoms with Crippen LogP contribution in [0.15, 0.2) is 24.5 Å². The first-order valence-corrected chi connectivity index (χ1v) is 7.50. The third-order valence-electron chi connectivity index (χ3n) is 3.21. The largest absolute Gasteiger partial charge is 0.495 e. The molecule has 2 aromatic rings. The molecule has 0 aliphatic rings. The first kappa shape index (κ1) is 15.6. The van der Waals surface area contributed by atoms with Crippen molar-refractivity contribution in [1.29, 1.82) is 0 Å². The minimum Gasteiger partial charge on any atom is -0.495 e. The zero-order valence-electron chi connectivity index (χ0n) is 12.6. The third kappa shape index (κ3) is 3.45. The van der Waals surface area contributed by atoms with E-state index in [-0.39, 0.29) is 0 Å². The molecule has 0 saturated heterocycles. The molecule has 0 atom stereocenters. The smallest absolute Gasteiger partial charge is 0.138 e. The summed E-state index contributed by atoms with van der Waals surface area (Å²) >= 11 is 6.10. The average molecular weight is 306 g/mol. The predicted octanol–water partition coefficient (Wildman–Crippen LogP) is 4.19. The Bertz CT molecular complexity index is 616. The van der Waals surface area contributed by atoms with E-state index in [2.05, 4.69) is 29.1 Å². The molecule has 0 aliphatic heterocycles. The summed E-state index contributed by atoms with van der Waals surface area (Å²) in [5, 5.41) is 3.90. The lowest BCUT2D eigenvalue weighted by Crippen LogP contribution is -2.06. The minimum atomic E-state index is 0.597. The third-order valence-corrected chi connectivity index (χ3v) is 3.53. The summed E-state index contributed by atoms with van der Waals surface area (Å²) in [6.45, 7) is 5.04. The number of rotatable bonds is 6. The fourth-order valence-electron chi connectivity index (χ4n) is 2.27. The predicted molar refractivity (Wildman–Crippen MR) is 87.2 cm³/mol. The van der Waals surface area contributed by atoms with E-state index < -0.39 is 0 Å². The summed E-state index contributed by atoms with van der Waals surface area (Å²) in [6, 6.07) is 5.71. The summed E-state index contributed by atoms with van der Waals surface area (Å²) in [4.78, 5) is 8.82. The molecule has 0 spiro atoms. The zero-order chi connectivity index (χ0) is 15.2. The average Bonchev–Trinajstić information content (AvgIpc) is 2.50. The summed E-state index contributed by atoms with van der Waals surface area (Å²) in [5.41, 5.74) is 3.05. The first-order valence-electron chi connectivity index (χ1n) is 7.12. The fraction of sp³-hybridized carbons (Fsp3) is 0.375. The van der Waals surface area contributed by atoms with E-state index in [4.69, 9.17) is 16.3 Å². The molecular formula is C16H20ClN3O. The normalized spacial score (nSPS) is 10.5. The van der Waals surface area contributed by atoms with Gasteiger partial charge in [0, 0.05) is 17.7 Å². The Kier molecular flexibility index (Phi) is 5.39. The monoisotopic (exact) mass is 305 g/mol. The van der Waals surface area contributed by atoms with Crippen molar-refractivity contribution in [3.8, 4) is 17.0 Å². The molecule has 0 radical (unpaired) electrons. The molecule has 0 bridgehead atoms. The van der Waals surface area contributed by atoms with Gasteiger partial charge in [0.15, 0.2) is 0 Å². The van der Waals surface area contributed by atoms with E-state index in [1.807, 2.05) is 18.2 Å². The van der Waals surface area contributed by atoms with E-state index in [0.717, 1.165) is 42.0 Å². The van der Waals surface area contributed by atoms with E-state index in [1.165, 1.54) is 0 Å². The molecule has 0 amide bonds. The van der Waals surface area contributed by atoms with Gasteiger partial charge in [-0.05, 0) is 25.5 Å². The van der Waals surface area contributed by atoms with Crippen molar-refractivity contribution in [2.75, 3.05) is 19.0 Å². The summed E-state index contributed by atoms with van der Waals surface area (Å²) in [6.07, 6.45) is 3.54. The summed E-state index contributed by atoms with van der Waals surface area (Å²) in [5.74, 6) is 1.55. The van der Waals surface area contributed by atoms with Crippen LogP contribution in [0.4, 0.5) is 5.82 Å². The minimum absolute atomic E-state index is 0.597. The molecular weight excluding hydrogens is 286 g/mol. The number of halogens is 1. The lowest BCUT2D eigenvalue weighted by Gasteiger charge is -2.14. The van der Waals surface area contributed by atoms with Crippen molar-refractivity contribution in [3.63, 3.8) is 0 Å². The highest BCUT2D eigenvalue weighted by atomic mass is 35.5. The van der Waals surface area contributed by atoms with Crippen molar-refractivity contribution in [2.45, 2.75) is 26.7 Å². The maximum Gasteiger partial charge on any atom is 0.138 e. The van der Waals surface area contributed by atoms with Gasteiger partial charge in [0.25, 0.3) is 0 Å². The van der Waals surface area contributed by atoms with E-state index >= 15 is 0 Å². The highest BCUT2D eigenvalue weighted by Crippen LogP contribution is 2.32. The van der Waals surface area contributed by atoms with E-state index in [1.54, 1.807) is 13.4 Å². The van der Waals surface area contributed by atoms with E-state index in [0.29, 0.717) is 10.8 Å². The van der Waals surface area contributed by atoms with Gasteiger partial charge in [-0.1, -0.05) is 31.0 Å². The maximum atomic E-state index is 6.10. The number of hydrogen-bond acceptors (Lipinski definition) is 4. The van der Waals surface area contributed by atoms with Gasteiger partial charge in [0.05, 0.1) is 17.8 Å². The quantitative estimate of drug-likeness (QED) is 0.869. The van der Waals surface area contributed by atoms with Gasteiger partial charge in [-0.3, -0.25) is 0 Å². The second-order valence-electron chi connectivity index (χ2n) is 4.68. The SMILES string of the molecule is CCCc1c(NCC)ncnc1-c1ccc(Cl)c(OC)c1. The number of benzene rings is 1. The molecule has 0 saturated carbocycles. The topological polar surface area (TPSA) is 47.0 Å². The lowest BCUT2D eigenvalue weighted by molar-refractivity contribution is 0.415. The van der Waals surface area contributed by atoms with Crippen molar-refractivity contribution in [2.24, 2.45) is 0 Å². The molecule has 0 unspecified atom stereocenters. The Labute approximate surface area is 130 Å². The van der Waals surface area contributed by atoms with Gasteiger partial charge in [-0.15, -0.1) is 0 Å².